The highest BCUT2D eigenvalue weighted by Crippen LogP contribution is 2.68. The zero-order chi connectivity index (χ0) is 23.9. The van der Waals surface area contributed by atoms with Gasteiger partial charge in [-0.25, -0.2) is 0 Å². The Bertz CT molecular complexity index is 528. The summed E-state index contributed by atoms with van der Waals surface area (Å²) >= 11 is 0. The number of aliphatic hydroxyl groups is 1. The van der Waals surface area contributed by atoms with Crippen molar-refractivity contribution in [2.24, 2.45) is 11.5 Å². The van der Waals surface area contributed by atoms with Gasteiger partial charge in [0.1, 0.15) is 0 Å². The monoisotopic (exact) mass is 469 g/mol. The normalized spacial score (nSPS) is 11.8. The number of nitrogens with zero attached hydrogens (tertiary/aromatic N) is 1. The van der Waals surface area contributed by atoms with E-state index in [-0.39, 0.29) is 19.6 Å². The Labute approximate surface area is 168 Å². The maximum absolute atomic E-state index is 11.1. The standard InChI is InChI=1S/C9H23NO7P2.2C2H5NO2/c1-3-4-5-7-10(2)8-6-9(11,18(12,13)14)19(15,16)17;2*3-1-2(4)5/h11H,3-8H2,1-2H3,(H2,12,13,14)(H2,15,16,17);2*1,3H2,(H,4,5). The van der Waals surface area contributed by atoms with Gasteiger partial charge in [-0.3, -0.25) is 18.7 Å². The molecule has 0 saturated carbocycles. The highest BCUT2D eigenvalue weighted by atomic mass is 31.2. The van der Waals surface area contributed by atoms with E-state index in [2.05, 4.69) is 11.5 Å². The van der Waals surface area contributed by atoms with Crippen LogP contribution in [0, 0.1) is 0 Å². The van der Waals surface area contributed by atoms with Crippen molar-refractivity contribution in [1.29, 1.82) is 0 Å². The molecule has 29 heavy (non-hydrogen) atoms. The lowest BCUT2D eigenvalue weighted by Gasteiger charge is -2.30. The number of unbranched alkanes of at least 4 members (excludes halogenated alkanes) is 2. The van der Waals surface area contributed by atoms with Crippen LogP contribution < -0.4 is 11.5 Å². The zero-order valence-corrected chi connectivity index (χ0v) is 18.2. The number of aliphatic carboxylic acids is 2. The molecule has 0 unspecified atom stereocenters. The van der Waals surface area contributed by atoms with Crippen LogP contribution in [0.4, 0.5) is 0 Å². The second-order valence-corrected chi connectivity index (χ2v) is 9.83. The van der Waals surface area contributed by atoms with Crippen molar-refractivity contribution in [3.05, 3.63) is 0 Å². The van der Waals surface area contributed by atoms with Crippen LogP contribution >= 0.6 is 15.2 Å². The maximum Gasteiger partial charge on any atom is 0.369 e. The van der Waals surface area contributed by atoms with Gasteiger partial charge in [0.2, 0.25) is 0 Å². The van der Waals surface area contributed by atoms with Crippen LogP contribution in [-0.2, 0) is 18.7 Å². The van der Waals surface area contributed by atoms with Crippen LogP contribution in [0.2, 0.25) is 0 Å². The zero-order valence-electron chi connectivity index (χ0n) is 16.4. The molecule has 0 atom stereocenters. The number of nitrogens with two attached hydrogens (primary N) is 2. The average Bonchev–Trinajstić information content (AvgIpc) is 2.58. The summed E-state index contributed by atoms with van der Waals surface area (Å²) in [7, 11) is -9.00. The number of carbonyl (C=O) groups is 2. The third-order valence-corrected chi connectivity index (χ3v) is 7.13. The van der Waals surface area contributed by atoms with Crippen LogP contribution in [0.5, 0.6) is 0 Å². The number of hydrogen-bond donors (Lipinski definition) is 9. The summed E-state index contributed by atoms with van der Waals surface area (Å²) in [5, 5.41) is 21.5. The summed E-state index contributed by atoms with van der Waals surface area (Å²) < 4.78 is 22.2. The first-order chi connectivity index (χ1) is 13.0. The molecule has 0 rings (SSSR count). The van der Waals surface area contributed by atoms with E-state index >= 15 is 0 Å². The van der Waals surface area contributed by atoms with Crippen LogP contribution in [0.15, 0.2) is 0 Å². The van der Waals surface area contributed by atoms with Gasteiger partial charge < -0.3 is 51.3 Å². The van der Waals surface area contributed by atoms with E-state index in [0.29, 0.717) is 6.54 Å². The van der Waals surface area contributed by atoms with Gasteiger partial charge in [0, 0.05) is 13.0 Å². The average molecular weight is 469 g/mol. The van der Waals surface area contributed by atoms with Crippen molar-refractivity contribution in [1.82, 2.24) is 4.90 Å². The fraction of sp³-hybridized carbons (Fsp3) is 0.846. The number of rotatable bonds is 11. The van der Waals surface area contributed by atoms with E-state index in [1.807, 2.05) is 6.92 Å². The third-order valence-electron chi connectivity index (χ3n) is 3.25. The molecule has 176 valence electrons. The van der Waals surface area contributed by atoms with Crippen molar-refractivity contribution in [3.63, 3.8) is 0 Å². The van der Waals surface area contributed by atoms with E-state index in [1.54, 1.807) is 11.9 Å². The Kier molecular flexibility index (Phi) is 17.9. The third kappa shape index (κ3) is 16.6. The highest BCUT2D eigenvalue weighted by molar-refractivity contribution is 7.72. The number of carboxylic acids is 2. The summed E-state index contributed by atoms with van der Waals surface area (Å²) in [6, 6.07) is 0. The van der Waals surface area contributed by atoms with Crippen molar-refractivity contribution in [2.75, 3.05) is 33.2 Å². The summed E-state index contributed by atoms with van der Waals surface area (Å²) in [6.07, 6.45) is 2.19. The molecular weight excluding hydrogens is 436 g/mol. The van der Waals surface area contributed by atoms with Gasteiger partial charge in [0.05, 0.1) is 13.1 Å². The Hall–Kier alpha value is -0.920. The van der Waals surface area contributed by atoms with Crippen molar-refractivity contribution in [2.45, 2.75) is 37.7 Å². The molecule has 0 aromatic carbocycles. The van der Waals surface area contributed by atoms with Crippen molar-refractivity contribution >= 4 is 27.1 Å². The lowest BCUT2D eigenvalue weighted by atomic mass is 10.2. The summed E-state index contributed by atoms with van der Waals surface area (Å²) in [5.41, 5.74) is 9.14. The molecule has 0 amide bonds. The summed E-state index contributed by atoms with van der Waals surface area (Å²) in [5.74, 6) is -1.94. The van der Waals surface area contributed by atoms with Gasteiger partial charge in [-0.2, -0.15) is 0 Å². The van der Waals surface area contributed by atoms with Crippen molar-refractivity contribution in [3.8, 4) is 0 Å². The first-order valence-corrected chi connectivity index (χ1v) is 11.6. The SMILES string of the molecule is CCCCCN(C)CCC(O)(P(=O)(O)O)P(=O)(O)O.NCC(=O)O.NCC(=O)O. The van der Waals surface area contributed by atoms with Crippen LogP contribution in [0.3, 0.4) is 0 Å². The van der Waals surface area contributed by atoms with Crippen LogP contribution in [-0.4, -0.2) is 90.0 Å². The van der Waals surface area contributed by atoms with Gasteiger partial charge in [0.25, 0.3) is 5.08 Å². The van der Waals surface area contributed by atoms with Crippen LogP contribution in [0.25, 0.3) is 0 Å². The van der Waals surface area contributed by atoms with Gasteiger partial charge >= 0.3 is 27.1 Å². The largest absolute Gasteiger partial charge is 0.480 e. The molecular formula is C13H33N3O11P2. The molecule has 0 bridgehead atoms. The number of carboxylic acid groups (broad SMARTS) is 2. The van der Waals surface area contributed by atoms with E-state index in [9.17, 15) is 23.8 Å². The van der Waals surface area contributed by atoms with E-state index in [4.69, 9.17) is 29.8 Å². The Morgan fingerprint density at radius 3 is 1.48 bits per heavy atom. The highest BCUT2D eigenvalue weighted by Gasteiger charge is 2.58. The fourth-order valence-electron chi connectivity index (χ4n) is 1.55. The molecule has 0 aromatic rings. The van der Waals surface area contributed by atoms with Gasteiger partial charge in [-0.05, 0) is 20.0 Å². The molecule has 0 saturated heterocycles. The molecule has 16 heteroatoms. The molecule has 14 nitrogen and oxygen atoms in total. The maximum atomic E-state index is 11.1. The quantitative estimate of drug-likeness (QED) is 0.124. The number of hydrogen-bond acceptors (Lipinski definition) is 8. The Balaban J connectivity index is -0.000000555. The minimum atomic E-state index is -5.33. The minimum absolute atomic E-state index is 0.0174. The molecule has 0 aliphatic carbocycles. The van der Waals surface area contributed by atoms with Crippen molar-refractivity contribution < 1.29 is 53.6 Å². The summed E-state index contributed by atoms with van der Waals surface area (Å²) in [4.78, 5) is 56.0. The molecule has 0 aromatic heterocycles. The fourth-order valence-corrected chi connectivity index (χ4v) is 3.69. The smallest absolute Gasteiger partial charge is 0.369 e. The van der Waals surface area contributed by atoms with Gasteiger partial charge in [-0.1, -0.05) is 19.8 Å². The Morgan fingerprint density at radius 1 is 0.897 bits per heavy atom. The topological polar surface area (TPSA) is 265 Å². The molecule has 0 radical (unpaired) electrons. The molecule has 0 heterocycles. The van der Waals surface area contributed by atoms with Crippen LogP contribution in [0.1, 0.15) is 32.6 Å². The summed E-state index contributed by atoms with van der Waals surface area (Å²) in [6.45, 7) is 2.09. The second-order valence-electron chi connectivity index (χ2n) is 5.82. The second kappa shape index (κ2) is 15.9. The van der Waals surface area contributed by atoms with Gasteiger partial charge in [-0.15, -0.1) is 0 Å². The van der Waals surface area contributed by atoms with E-state index in [0.717, 1.165) is 19.3 Å². The van der Waals surface area contributed by atoms with E-state index < -0.39 is 38.6 Å². The molecule has 0 fully saturated rings. The molecule has 0 aliphatic heterocycles. The first-order valence-electron chi connectivity index (χ1n) is 8.36. The van der Waals surface area contributed by atoms with E-state index in [1.165, 1.54) is 0 Å². The lowest BCUT2D eigenvalue weighted by Crippen LogP contribution is -2.34. The molecule has 0 spiro atoms. The first kappa shape index (κ1) is 32.7. The molecule has 0 aliphatic rings. The lowest BCUT2D eigenvalue weighted by molar-refractivity contribution is -0.136. The Morgan fingerprint density at radius 2 is 1.24 bits per heavy atom. The molecule has 11 N–H and O–H groups in total. The van der Waals surface area contributed by atoms with Gasteiger partial charge in [0.15, 0.2) is 0 Å². The predicted molar refractivity (Wildman–Crippen MR) is 104 cm³/mol. The predicted octanol–water partition coefficient (Wildman–Crippen LogP) is -1.44. The minimum Gasteiger partial charge on any atom is -0.480 e.